The third-order valence-electron chi connectivity index (χ3n) is 13.7. The fraction of sp³-hybridized carbons (Fsp3) is 0.0323. The lowest BCUT2D eigenvalue weighted by Crippen LogP contribution is -2.26. The van der Waals surface area contributed by atoms with Crippen LogP contribution in [0.3, 0.4) is 0 Å². The molecule has 0 fully saturated rings. The highest BCUT2D eigenvalue weighted by Gasteiger charge is 2.52. The van der Waals surface area contributed by atoms with Crippen LogP contribution in [0.1, 0.15) is 29.1 Å². The molecule has 0 bridgehead atoms. The summed E-state index contributed by atoms with van der Waals surface area (Å²) in [6, 6.07) is 73.8. The van der Waals surface area contributed by atoms with Crippen LogP contribution in [0.25, 0.3) is 55.2 Å². The molecule has 0 saturated heterocycles. The van der Waals surface area contributed by atoms with E-state index >= 15 is 0 Å². The molecule has 1 aromatic heterocycles. The Hall–Kier alpha value is -8.40. The molecule has 65 heavy (non-hydrogen) atoms. The Morgan fingerprint density at radius 2 is 0.831 bits per heavy atom. The van der Waals surface area contributed by atoms with Gasteiger partial charge in [-0.3, -0.25) is 0 Å². The highest BCUT2D eigenvalue weighted by molar-refractivity contribution is 6.09. The van der Waals surface area contributed by atoms with Crippen molar-refractivity contribution < 1.29 is 6.85 Å². The maximum absolute atomic E-state index is 8.95. The largest absolute Gasteiger partial charge is 0.344 e. The molecule has 3 nitrogen and oxygen atoms in total. The van der Waals surface area contributed by atoms with Crippen molar-refractivity contribution in [1.29, 1.82) is 0 Å². The number of rotatable bonds is 7. The number of fused-ring (bicyclic) bond motifs is 13. The summed E-state index contributed by atoms with van der Waals surface area (Å²) in [5.41, 5.74) is 17.6. The van der Waals surface area contributed by atoms with E-state index in [-0.39, 0.29) is 29.7 Å². The first-order valence-electron chi connectivity index (χ1n) is 24.6. The smallest absolute Gasteiger partial charge is 0.0727 e. The van der Waals surface area contributed by atoms with Crippen LogP contribution in [0.5, 0.6) is 0 Å². The standard InChI is InChI=1S/C62H43N3/c1-63-60-31-16-13-28-54(60)55-37-34-49(41-61(55)63)65(46-25-17-20-43(38-46)42-18-5-2-6-19-42)48-33-36-53-51-27-12-15-30-57(51)62(59(53)40-48)56-29-14-11-26-50(56)52-35-32-47(39-58(52)62)64(44-21-7-3-8-22-44)45-23-9-4-10-24-45/h2-41H,1H3/i2D,5D,6D,18D,19D. The van der Waals surface area contributed by atoms with Crippen molar-refractivity contribution in [3.8, 4) is 33.4 Å². The summed E-state index contributed by atoms with van der Waals surface area (Å²) >= 11 is 0. The summed E-state index contributed by atoms with van der Waals surface area (Å²) in [5.74, 6) is 0. The number of hydrogen-bond acceptors (Lipinski definition) is 2. The van der Waals surface area contributed by atoms with Gasteiger partial charge in [0.15, 0.2) is 0 Å². The molecule has 10 aromatic carbocycles. The van der Waals surface area contributed by atoms with Gasteiger partial charge < -0.3 is 14.4 Å². The summed E-state index contributed by atoms with van der Waals surface area (Å²) in [6.07, 6.45) is 0. The van der Waals surface area contributed by atoms with Crippen LogP contribution < -0.4 is 9.80 Å². The van der Waals surface area contributed by atoms with E-state index in [4.69, 9.17) is 6.85 Å². The van der Waals surface area contributed by atoms with Gasteiger partial charge >= 0.3 is 0 Å². The highest BCUT2D eigenvalue weighted by atomic mass is 15.1. The summed E-state index contributed by atoms with van der Waals surface area (Å²) < 4.78 is 45.6. The van der Waals surface area contributed by atoms with Gasteiger partial charge in [-0.25, -0.2) is 0 Å². The van der Waals surface area contributed by atoms with Crippen LogP contribution in [0.15, 0.2) is 243 Å². The molecule has 1 heterocycles. The molecule has 1 unspecified atom stereocenters. The average molecular weight is 835 g/mol. The van der Waals surface area contributed by atoms with Gasteiger partial charge in [-0.2, -0.15) is 0 Å². The molecule has 1 atom stereocenters. The average Bonchev–Trinajstić information content (AvgIpc) is 3.98. The first-order valence-corrected chi connectivity index (χ1v) is 22.1. The molecule has 0 radical (unpaired) electrons. The molecule has 0 amide bonds. The zero-order valence-electron chi connectivity index (χ0n) is 40.5. The van der Waals surface area contributed by atoms with Gasteiger partial charge in [-0.05, 0) is 134 Å². The van der Waals surface area contributed by atoms with Crippen LogP contribution in [-0.2, 0) is 12.5 Å². The van der Waals surface area contributed by atoms with Gasteiger partial charge in [-0.15, -0.1) is 0 Å². The minimum absolute atomic E-state index is 0.162. The minimum atomic E-state index is -0.691. The van der Waals surface area contributed by atoms with Gasteiger partial charge in [0.1, 0.15) is 0 Å². The number of aromatic nitrogens is 1. The summed E-state index contributed by atoms with van der Waals surface area (Å²) in [7, 11) is 2.11. The second-order valence-electron chi connectivity index (χ2n) is 17.0. The predicted molar refractivity (Wildman–Crippen MR) is 272 cm³/mol. The third kappa shape index (κ3) is 5.55. The van der Waals surface area contributed by atoms with Crippen molar-refractivity contribution in [2.45, 2.75) is 5.41 Å². The SMILES string of the molecule is [2H]c1c([2H])c([2H])c(-c2cccc(N(c3ccc4c(c3)C3(c5ccccc5-c5ccc(N(c6ccccc6)c6ccccc6)cc53)c3ccccc3-4)c3ccc4c5ccccc5n(C)c4c3)c2)c([2H])c1[2H]. The van der Waals surface area contributed by atoms with E-state index in [1.54, 1.807) is 0 Å². The highest BCUT2D eigenvalue weighted by Crippen LogP contribution is 2.64. The van der Waals surface area contributed by atoms with Gasteiger partial charge in [-0.1, -0.05) is 164 Å². The Bertz CT molecular complexity index is 3860. The number of hydrogen-bond donors (Lipinski definition) is 0. The maximum atomic E-state index is 8.95. The molecule has 1 spiro atoms. The first-order chi connectivity index (χ1) is 34.2. The zero-order valence-corrected chi connectivity index (χ0v) is 35.5. The molecule has 3 heteroatoms. The number of para-hydroxylation sites is 3. The van der Waals surface area contributed by atoms with E-state index in [1.165, 1.54) is 38.8 Å². The molecule has 306 valence electrons. The fourth-order valence-electron chi connectivity index (χ4n) is 10.9. The third-order valence-corrected chi connectivity index (χ3v) is 13.7. The van der Waals surface area contributed by atoms with Crippen molar-refractivity contribution in [3.05, 3.63) is 265 Å². The normalized spacial score (nSPS) is 15.4. The van der Waals surface area contributed by atoms with Gasteiger partial charge in [0.05, 0.1) is 17.8 Å². The topological polar surface area (TPSA) is 11.4 Å². The van der Waals surface area contributed by atoms with Crippen LogP contribution >= 0.6 is 0 Å². The van der Waals surface area contributed by atoms with Crippen LogP contribution in [0.2, 0.25) is 0 Å². The number of benzene rings is 10. The lowest BCUT2D eigenvalue weighted by atomic mass is 9.70. The second-order valence-corrected chi connectivity index (χ2v) is 17.0. The van der Waals surface area contributed by atoms with E-state index in [9.17, 15) is 0 Å². The van der Waals surface area contributed by atoms with E-state index in [1.807, 2.05) is 24.3 Å². The van der Waals surface area contributed by atoms with E-state index < -0.39 is 11.5 Å². The number of anilines is 6. The van der Waals surface area contributed by atoms with E-state index in [0.29, 0.717) is 5.56 Å². The molecule has 0 N–H and O–H groups in total. The molecule has 0 aliphatic heterocycles. The molecule has 11 aromatic rings. The molecular formula is C62H43N3. The second kappa shape index (κ2) is 14.6. The minimum Gasteiger partial charge on any atom is -0.344 e. The van der Waals surface area contributed by atoms with Gasteiger partial charge in [0.25, 0.3) is 0 Å². The first kappa shape index (κ1) is 32.3. The maximum Gasteiger partial charge on any atom is 0.0727 e. The van der Waals surface area contributed by atoms with E-state index in [2.05, 4.69) is 209 Å². The number of nitrogens with zero attached hydrogens (tertiary/aromatic N) is 3. The molecular weight excluding hydrogens is 787 g/mol. The Morgan fingerprint density at radius 1 is 0.354 bits per heavy atom. The Balaban J connectivity index is 1.07. The monoisotopic (exact) mass is 834 g/mol. The lowest BCUT2D eigenvalue weighted by Gasteiger charge is -2.33. The Kier molecular flexibility index (Phi) is 7.25. The van der Waals surface area contributed by atoms with Crippen molar-refractivity contribution in [2.75, 3.05) is 9.80 Å². The fourth-order valence-corrected chi connectivity index (χ4v) is 10.9. The molecule has 0 saturated carbocycles. The van der Waals surface area contributed by atoms with Gasteiger partial charge in [0, 0.05) is 57.5 Å². The van der Waals surface area contributed by atoms with Crippen molar-refractivity contribution in [2.24, 2.45) is 7.05 Å². The van der Waals surface area contributed by atoms with Crippen molar-refractivity contribution in [3.63, 3.8) is 0 Å². The Labute approximate surface area is 386 Å². The predicted octanol–water partition coefficient (Wildman–Crippen LogP) is 16.3. The summed E-state index contributed by atoms with van der Waals surface area (Å²) in [4.78, 5) is 4.58. The summed E-state index contributed by atoms with van der Waals surface area (Å²) in [6.45, 7) is 0. The summed E-state index contributed by atoms with van der Waals surface area (Å²) in [5, 5.41) is 2.32. The molecule has 2 aliphatic carbocycles. The molecule has 2 aliphatic rings. The quantitative estimate of drug-likeness (QED) is 0.158. The van der Waals surface area contributed by atoms with Gasteiger partial charge in [0.2, 0.25) is 0 Å². The lowest BCUT2D eigenvalue weighted by molar-refractivity contribution is 0.793. The molecule has 13 rings (SSSR count). The Morgan fingerprint density at radius 3 is 1.48 bits per heavy atom. The number of aryl methyl sites for hydroxylation is 1. The van der Waals surface area contributed by atoms with Crippen LogP contribution in [-0.4, -0.2) is 4.57 Å². The van der Waals surface area contributed by atoms with Crippen LogP contribution in [0.4, 0.5) is 34.1 Å². The van der Waals surface area contributed by atoms with Crippen molar-refractivity contribution in [1.82, 2.24) is 4.57 Å². The van der Waals surface area contributed by atoms with Crippen LogP contribution in [0, 0.1) is 0 Å². The van der Waals surface area contributed by atoms with Crippen molar-refractivity contribution >= 4 is 55.9 Å². The van der Waals surface area contributed by atoms with E-state index in [0.717, 1.165) is 61.7 Å². The zero-order chi connectivity index (χ0) is 47.4.